The molecule has 0 radical (unpaired) electrons. The molecule has 0 aliphatic rings. The molecule has 2 N–H and O–H groups in total. The van der Waals surface area contributed by atoms with Crippen LogP contribution >= 0.6 is 0 Å². The lowest BCUT2D eigenvalue weighted by atomic mass is 10.2. The highest BCUT2D eigenvalue weighted by atomic mass is 32.2. The number of amides is 3. The Labute approximate surface area is 181 Å². The number of urea groups is 1. The Morgan fingerprint density at radius 1 is 1.00 bits per heavy atom. The van der Waals surface area contributed by atoms with Gasteiger partial charge in [-0.15, -0.1) is 0 Å². The van der Waals surface area contributed by atoms with Crippen LogP contribution in [-0.4, -0.2) is 45.5 Å². The number of carbonyl (C=O) groups excluding carboxylic acids is 3. The molecule has 0 fully saturated rings. The first-order valence-corrected chi connectivity index (χ1v) is 11.1. The molecular weight excluding hydrogens is 422 g/mol. The molecular formula is C21H25N3O6S. The lowest BCUT2D eigenvalue weighted by Crippen LogP contribution is -2.44. The Morgan fingerprint density at radius 3 is 2.16 bits per heavy atom. The van der Waals surface area contributed by atoms with E-state index in [-0.39, 0.29) is 17.0 Å². The molecule has 10 heteroatoms. The average molecular weight is 448 g/mol. The van der Waals surface area contributed by atoms with Gasteiger partial charge in [-0.1, -0.05) is 18.2 Å². The second-order valence-corrected chi connectivity index (χ2v) is 8.29. The van der Waals surface area contributed by atoms with Gasteiger partial charge < -0.3 is 10.1 Å². The summed E-state index contributed by atoms with van der Waals surface area (Å²) in [6.45, 7) is 5.31. The fourth-order valence-electron chi connectivity index (χ4n) is 2.68. The molecule has 3 amide bonds. The highest BCUT2D eigenvalue weighted by Crippen LogP contribution is 2.23. The standard InChI is InChI=1S/C21H25N3O6S/c1-4-22-21(27)23-19(25)15(3)30-20(26)16-11-13-18(14-12-16)31(28,29)24(5-2)17-9-7-6-8-10-17/h6-15H,4-5H2,1-3H3,(H2,22,23,25,27)/t15-/m0/s1. The first-order valence-electron chi connectivity index (χ1n) is 9.68. The van der Waals surface area contributed by atoms with Crippen LogP contribution in [0.5, 0.6) is 0 Å². The van der Waals surface area contributed by atoms with Gasteiger partial charge in [0.25, 0.3) is 15.9 Å². The lowest BCUT2D eigenvalue weighted by Gasteiger charge is -2.23. The van der Waals surface area contributed by atoms with Gasteiger partial charge in [-0.05, 0) is 57.2 Å². The molecule has 9 nitrogen and oxygen atoms in total. The number of para-hydroxylation sites is 1. The normalized spacial score (nSPS) is 11.8. The van der Waals surface area contributed by atoms with Gasteiger partial charge >= 0.3 is 12.0 Å². The van der Waals surface area contributed by atoms with Crippen LogP contribution in [0.1, 0.15) is 31.1 Å². The van der Waals surface area contributed by atoms with Gasteiger partial charge in [-0.3, -0.25) is 14.4 Å². The average Bonchev–Trinajstić information content (AvgIpc) is 2.75. The third kappa shape index (κ3) is 6.05. The smallest absolute Gasteiger partial charge is 0.338 e. The number of nitrogens with zero attached hydrogens (tertiary/aromatic N) is 1. The third-order valence-electron chi connectivity index (χ3n) is 4.24. The van der Waals surface area contributed by atoms with Crippen molar-refractivity contribution in [2.45, 2.75) is 31.8 Å². The summed E-state index contributed by atoms with van der Waals surface area (Å²) < 4.78 is 32.3. The maximum absolute atomic E-state index is 13.0. The largest absolute Gasteiger partial charge is 0.449 e. The highest BCUT2D eigenvalue weighted by Gasteiger charge is 2.25. The number of imide groups is 1. The van der Waals surface area contributed by atoms with Crippen LogP contribution in [-0.2, 0) is 19.6 Å². The van der Waals surface area contributed by atoms with E-state index in [0.717, 1.165) is 0 Å². The van der Waals surface area contributed by atoms with Crippen molar-refractivity contribution in [2.75, 3.05) is 17.4 Å². The molecule has 0 aliphatic heterocycles. The predicted molar refractivity (Wildman–Crippen MR) is 115 cm³/mol. The SMILES string of the molecule is CCNC(=O)NC(=O)[C@H](C)OC(=O)c1ccc(S(=O)(=O)N(CC)c2ccccc2)cc1. The minimum Gasteiger partial charge on any atom is -0.449 e. The van der Waals surface area contributed by atoms with Gasteiger partial charge in [0.2, 0.25) is 0 Å². The van der Waals surface area contributed by atoms with E-state index in [1.807, 2.05) is 5.32 Å². The van der Waals surface area contributed by atoms with Gasteiger partial charge in [-0.2, -0.15) is 0 Å². The Kier molecular flexibility index (Phi) is 8.14. The molecule has 0 heterocycles. The molecule has 1 atom stereocenters. The molecule has 0 saturated carbocycles. The summed E-state index contributed by atoms with van der Waals surface area (Å²) in [6.07, 6.45) is -1.22. The number of rotatable bonds is 8. The molecule has 2 rings (SSSR count). The van der Waals surface area contributed by atoms with Crippen molar-refractivity contribution in [3.05, 3.63) is 60.2 Å². The van der Waals surface area contributed by atoms with Crippen molar-refractivity contribution < 1.29 is 27.5 Å². The number of hydrogen-bond donors (Lipinski definition) is 2. The Hall–Kier alpha value is -3.40. The second-order valence-electron chi connectivity index (χ2n) is 6.43. The Balaban J connectivity index is 2.11. The fraction of sp³-hybridized carbons (Fsp3) is 0.286. The molecule has 0 spiro atoms. The molecule has 31 heavy (non-hydrogen) atoms. The van der Waals surface area contributed by atoms with E-state index in [4.69, 9.17) is 4.74 Å². The van der Waals surface area contributed by atoms with Crippen molar-refractivity contribution in [1.82, 2.24) is 10.6 Å². The molecule has 2 aromatic rings. The minimum atomic E-state index is -3.83. The number of esters is 1. The van der Waals surface area contributed by atoms with Gasteiger partial charge in [0.05, 0.1) is 16.1 Å². The molecule has 166 valence electrons. The van der Waals surface area contributed by atoms with Crippen LogP contribution in [0.4, 0.5) is 10.5 Å². The van der Waals surface area contributed by atoms with Crippen molar-refractivity contribution in [1.29, 1.82) is 0 Å². The molecule has 0 aliphatic carbocycles. The maximum atomic E-state index is 13.0. The zero-order valence-corrected chi connectivity index (χ0v) is 18.3. The summed E-state index contributed by atoms with van der Waals surface area (Å²) in [6, 6.07) is 13.2. The lowest BCUT2D eigenvalue weighted by molar-refractivity contribution is -0.127. The number of anilines is 1. The van der Waals surface area contributed by atoms with E-state index in [0.29, 0.717) is 12.2 Å². The summed E-state index contributed by atoms with van der Waals surface area (Å²) >= 11 is 0. The quantitative estimate of drug-likeness (QED) is 0.599. The zero-order valence-electron chi connectivity index (χ0n) is 17.5. The summed E-state index contributed by atoms with van der Waals surface area (Å²) in [5, 5.41) is 4.44. The minimum absolute atomic E-state index is 0.0109. The van der Waals surface area contributed by atoms with Crippen LogP contribution in [0, 0.1) is 0 Å². The second kappa shape index (κ2) is 10.6. The molecule has 2 aromatic carbocycles. The van der Waals surface area contributed by atoms with E-state index < -0.39 is 34.0 Å². The molecule has 0 aromatic heterocycles. The van der Waals surface area contributed by atoms with Gasteiger partial charge in [0.15, 0.2) is 6.10 Å². The van der Waals surface area contributed by atoms with E-state index >= 15 is 0 Å². The molecule has 0 unspecified atom stereocenters. The summed E-state index contributed by atoms with van der Waals surface area (Å²) in [5.74, 6) is -1.60. The monoisotopic (exact) mass is 447 g/mol. The van der Waals surface area contributed by atoms with Crippen molar-refractivity contribution in [3.8, 4) is 0 Å². The fourth-order valence-corrected chi connectivity index (χ4v) is 4.15. The van der Waals surface area contributed by atoms with Crippen molar-refractivity contribution in [3.63, 3.8) is 0 Å². The van der Waals surface area contributed by atoms with E-state index in [2.05, 4.69) is 5.32 Å². The molecule has 0 saturated heterocycles. The number of ether oxygens (including phenoxy) is 1. The number of carbonyl (C=O) groups is 3. The van der Waals surface area contributed by atoms with E-state index in [1.54, 1.807) is 44.2 Å². The van der Waals surface area contributed by atoms with Gasteiger partial charge in [0.1, 0.15) is 0 Å². The first-order chi connectivity index (χ1) is 14.7. The van der Waals surface area contributed by atoms with Crippen LogP contribution in [0.15, 0.2) is 59.5 Å². The van der Waals surface area contributed by atoms with E-state index in [9.17, 15) is 22.8 Å². The molecule has 0 bridgehead atoms. The number of benzene rings is 2. The van der Waals surface area contributed by atoms with Crippen LogP contribution in [0.2, 0.25) is 0 Å². The number of hydrogen-bond acceptors (Lipinski definition) is 6. The van der Waals surface area contributed by atoms with Crippen LogP contribution in [0.3, 0.4) is 0 Å². The highest BCUT2D eigenvalue weighted by molar-refractivity contribution is 7.92. The van der Waals surface area contributed by atoms with Crippen LogP contribution < -0.4 is 14.9 Å². The van der Waals surface area contributed by atoms with Gasteiger partial charge in [0, 0.05) is 13.1 Å². The summed E-state index contributed by atoms with van der Waals surface area (Å²) in [4.78, 5) is 35.6. The Bertz CT molecular complexity index is 1020. The third-order valence-corrected chi connectivity index (χ3v) is 6.15. The van der Waals surface area contributed by atoms with E-state index in [1.165, 1.54) is 35.5 Å². The zero-order chi connectivity index (χ0) is 23.0. The first kappa shape index (κ1) is 23.9. The van der Waals surface area contributed by atoms with Gasteiger partial charge in [-0.25, -0.2) is 18.0 Å². The summed E-state index contributed by atoms with van der Waals surface area (Å²) in [7, 11) is -3.83. The number of sulfonamides is 1. The van der Waals surface area contributed by atoms with Crippen molar-refractivity contribution >= 4 is 33.6 Å². The Morgan fingerprint density at radius 2 is 1.61 bits per heavy atom. The van der Waals surface area contributed by atoms with Crippen molar-refractivity contribution in [2.24, 2.45) is 0 Å². The predicted octanol–water partition coefficient (Wildman–Crippen LogP) is 2.29. The number of nitrogens with one attached hydrogen (secondary N) is 2. The summed E-state index contributed by atoms with van der Waals surface area (Å²) in [5.41, 5.74) is 0.597. The topological polar surface area (TPSA) is 122 Å². The maximum Gasteiger partial charge on any atom is 0.338 e. The van der Waals surface area contributed by atoms with Crippen LogP contribution in [0.25, 0.3) is 0 Å².